The Kier molecular flexibility index (Phi) is 6.31. The first kappa shape index (κ1) is 20.7. The van der Waals surface area contributed by atoms with Crippen molar-refractivity contribution in [2.45, 2.75) is 50.1 Å². The maximum absolute atomic E-state index is 12.8. The Bertz CT molecular complexity index is 771. The van der Waals surface area contributed by atoms with Gasteiger partial charge in [0.2, 0.25) is 10.0 Å². The molecule has 0 spiro atoms. The number of benzene rings is 1. The molecule has 1 aliphatic rings. The number of hydrogen-bond acceptors (Lipinski definition) is 5. The summed E-state index contributed by atoms with van der Waals surface area (Å²) < 4.78 is 31.7. The quantitative estimate of drug-likeness (QED) is 0.760. The molecule has 1 heterocycles. The van der Waals surface area contributed by atoms with Crippen molar-refractivity contribution in [3.63, 3.8) is 0 Å². The first-order valence-corrected chi connectivity index (χ1v) is 10.1. The van der Waals surface area contributed by atoms with Gasteiger partial charge in [0.05, 0.1) is 4.90 Å². The summed E-state index contributed by atoms with van der Waals surface area (Å²) in [4.78, 5) is 24.2. The second kappa shape index (κ2) is 7.94. The molecule has 1 fully saturated rings. The molecule has 1 amide bonds. The van der Waals surface area contributed by atoms with Crippen LogP contribution in [0.1, 0.15) is 33.6 Å². The first-order valence-electron chi connectivity index (χ1n) is 8.26. The average molecular weight is 403 g/mol. The molecule has 1 atom stereocenters. The normalized spacial score (nSPS) is 18.5. The molecular formula is C17H23ClN2O5S. The van der Waals surface area contributed by atoms with Crippen LogP contribution in [0.25, 0.3) is 0 Å². The summed E-state index contributed by atoms with van der Waals surface area (Å²) in [5.41, 5.74) is -0.444. The van der Waals surface area contributed by atoms with E-state index in [-0.39, 0.29) is 11.4 Å². The van der Waals surface area contributed by atoms with Gasteiger partial charge in [-0.25, -0.2) is 8.42 Å². The fraction of sp³-hybridized carbons (Fsp3) is 0.529. The van der Waals surface area contributed by atoms with Crippen LogP contribution in [0.15, 0.2) is 29.2 Å². The minimum Gasteiger partial charge on any atom is -0.454 e. The highest BCUT2D eigenvalue weighted by Gasteiger charge is 2.40. The Morgan fingerprint density at radius 1 is 1.27 bits per heavy atom. The van der Waals surface area contributed by atoms with Crippen LogP contribution in [0.2, 0.25) is 5.02 Å². The molecule has 0 unspecified atom stereocenters. The van der Waals surface area contributed by atoms with Crippen molar-refractivity contribution >= 4 is 33.5 Å². The van der Waals surface area contributed by atoms with Crippen LogP contribution in [0, 0.1) is 0 Å². The number of carbonyl (C=O) groups is 2. The van der Waals surface area contributed by atoms with E-state index in [1.807, 2.05) is 20.8 Å². The maximum Gasteiger partial charge on any atom is 0.324 e. The summed E-state index contributed by atoms with van der Waals surface area (Å²) in [5, 5.41) is 3.10. The Labute approximate surface area is 158 Å². The van der Waals surface area contributed by atoms with Gasteiger partial charge in [0.1, 0.15) is 6.04 Å². The highest BCUT2D eigenvalue weighted by atomic mass is 35.5. The van der Waals surface area contributed by atoms with Crippen molar-refractivity contribution in [2.24, 2.45) is 0 Å². The summed E-state index contributed by atoms with van der Waals surface area (Å²) in [5.74, 6) is -1.15. The third-order valence-corrected chi connectivity index (χ3v) is 5.93. The number of amides is 1. The van der Waals surface area contributed by atoms with Crippen molar-refractivity contribution in [2.75, 3.05) is 13.2 Å². The fourth-order valence-corrected chi connectivity index (χ4v) is 4.47. The van der Waals surface area contributed by atoms with E-state index in [2.05, 4.69) is 5.32 Å². The lowest BCUT2D eigenvalue weighted by Crippen LogP contribution is -2.45. The topological polar surface area (TPSA) is 92.8 Å². The van der Waals surface area contributed by atoms with E-state index in [9.17, 15) is 18.0 Å². The smallest absolute Gasteiger partial charge is 0.324 e. The zero-order valence-electron chi connectivity index (χ0n) is 15.0. The van der Waals surface area contributed by atoms with Gasteiger partial charge in [0.25, 0.3) is 5.91 Å². The van der Waals surface area contributed by atoms with E-state index in [1.54, 1.807) is 0 Å². The van der Waals surface area contributed by atoms with Gasteiger partial charge in [-0.1, -0.05) is 11.6 Å². The van der Waals surface area contributed by atoms with Gasteiger partial charge < -0.3 is 10.1 Å². The van der Waals surface area contributed by atoms with Crippen LogP contribution in [0.3, 0.4) is 0 Å². The summed E-state index contributed by atoms with van der Waals surface area (Å²) >= 11 is 5.80. The number of rotatable bonds is 5. The fourth-order valence-electron chi connectivity index (χ4n) is 2.69. The average Bonchev–Trinajstić information content (AvgIpc) is 3.02. The molecule has 0 radical (unpaired) electrons. The van der Waals surface area contributed by atoms with E-state index in [0.717, 1.165) is 4.31 Å². The number of nitrogens with zero attached hydrogens (tertiary/aromatic N) is 1. The van der Waals surface area contributed by atoms with E-state index in [0.29, 0.717) is 17.9 Å². The summed E-state index contributed by atoms with van der Waals surface area (Å²) in [6, 6.07) is 4.83. The molecule has 0 aliphatic carbocycles. The zero-order valence-corrected chi connectivity index (χ0v) is 16.6. The van der Waals surface area contributed by atoms with Crippen molar-refractivity contribution in [3.8, 4) is 0 Å². The molecular weight excluding hydrogens is 380 g/mol. The number of carbonyl (C=O) groups excluding carboxylic acids is 2. The number of esters is 1. The maximum atomic E-state index is 12.8. The molecule has 2 rings (SSSR count). The minimum atomic E-state index is -3.84. The largest absolute Gasteiger partial charge is 0.454 e. The molecule has 7 nitrogen and oxygen atoms in total. The van der Waals surface area contributed by atoms with E-state index in [4.69, 9.17) is 16.3 Å². The highest BCUT2D eigenvalue weighted by Crippen LogP contribution is 2.27. The number of hydrogen-bond donors (Lipinski definition) is 1. The summed E-state index contributed by atoms with van der Waals surface area (Å²) in [7, 11) is -3.84. The summed E-state index contributed by atoms with van der Waals surface area (Å²) in [6.45, 7) is 5.21. The first-order chi connectivity index (χ1) is 12.0. The van der Waals surface area contributed by atoms with Gasteiger partial charge in [-0.15, -0.1) is 0 Å². The monoisotopic (exact) mass is 402 g/mol. The van der Waals surface area contributed by atoms with E-state index < -0.39 is 40.1 Å². The standard InChI is InChI=1S/C17H23ClN2O5S/c1-17(2,3)19-15(21)11-25-16(22)14-5-4-10-20(14)26(23,24)13-8-6-12(18)7-9-13/h6-9,14H,4-5,10-11H2,1-3H3,(H,19,21)/t14-/m0/s1. The summed E-state index contributed by atoms with van der Waals surface area (Å²) in [6.07, 6.45) is 0.896. The molecule has 0 bridgehead atoms. The Morgan fingerprint density at radius 3 is 2.46 bits per heavy atom. The molecule has 0 aromatic heterocycles. The van der Waals surface area contributed by atoms with Crippen LogP contribution < -0.4 is 5.32 Å². The second-order valence-corrected chi connectivity index (χ2v) is 9.46. The van der Waals surface area contributed by atoms with Crippen molar-refractivity contribution < 1.29 is 22.7 Å². The number of nitrogens with one attached hydrogen (secondary N) is 1. The lowest BCUT2D eigenvalue weighted by atomic mass is 10.1. The lowest BCUT2D eigenvalue weighted by molar-refractivity contribution is -0.152. The van der Waals surface area contributed by atoms with Crippen molar-refractivity contribution in [3.05, 3.63) is 29.3 Å². The van der Waals surface area contributed by atoms with Crippen LogP contribution in [0.5, 0.6) is 0 Å². The second-order valence-electron chi connectivity index (χ2n) is 7.13. The van der Waals surface area contributed by atoms with Gasteiger partial charge >= 0.3 is 5.97 Å². The molecule has 1 saturated heterocycles. The molecule has 144 valence electrons. The molecule has 9 heteroatoms. The predicted octanol–water partition coefficient (Wildman–Crippen LogP) is 1.95. The Morgan fingerprint density at radius 2 is 1.88 bits per heavy atom. The van der Waals surface area contributed by atoms with Crippen molar-refractivity contribution in [1.82, 2.24) is 9.62 Å². The SMILES string of the molecule is CC(C)(C)NC(=O)COC(=O)[C@@H]1CCCN1S(=O)(=O)c1ccc(Cl)cc1. The zero-order chi connectivity index (χ0) is 19.5. The number of ether oxygens (including phenoxy) is 1. The molecule has 1 aromatic rings. The van der Waals surface area contributed by atoms with Crippen LogP contribution >= 0.6 is 11.6 Å². The van der Waals surface area contributed by atoms with Gasteiger partial charge in [-0.05, 0) is 57.9 Å². The van der Waals surface area contributed by atoms with E-state index >= 15 is 0 Å². The third kappa shape index (κ3) is 5.18. The molecule has 1 aliphatic heterocycles. The van der Waals surface area contributed by atoms with Gasteiger partial charge in [0, 0.05) is 17.1 Å². The third-order valence-electron chi connectivity index (χ3n) is 3.76. The Balaban J connectivity index is 2.06. The molecule has 0 saturated carbocycles. The Hall–Kier alpha value is -1.64. The van der Waals surface area contributed by atoms with Crippen LogP contribution in [-0.2, 0) is 24.3 Å². The molecule has 26 heavy (non-hydrogen) atoms. The lowest BCUT2D eigenvalue weighted by Gasteiger charge is -2.23. The van der Waals surface area contributed by atoms with Gasteiger partial charge in [0.15, 0.2) is 6.61 Å². The number of halogens is 1. The van der Waals surface area contributed by atoms with Gasteiger partial charge in [-0.3, -0.25) is 9.59 Å². The van der Waals surface area contributed by atoms with Crippen LogP contribution in [0.4, 0.5) is 0 Å². The molecule has 1 N–H and O–H groups in total. The van der Waals surface area contributed by atoms with Crippen LogP contribution in [-0.4, -0.2) is 49.3 Å². The highest BCUT2D eigenvalue weighted by molar-refractivity contribution is 7.89. The van der Waals surface area contributed by atoms with E-state index in [1.165, 1.54) is 24.3 Å². The van der Waals surface area contributed by atoms with Crippen molar-refractivity contribution in [1.29, 1.82) is 0 Å². The molecule has 1 aromatic carbocycles. The minimum absolute atomic E-state index is 0.0621. The number of sulfonamides is 1. The predicted molar refractivity (Wildman–Crippen MR) is 97.2 cm³/mol. The van der Waals surface area contributed by atoms with Gasteiger partial charge in [-0.2, -0.15) is 4.31 Å².